The van der Waals surface area contributed by atoms with Gasteiger partial charge in [-0.2, -0.15) is 5.26 Å². The van der Waals surface area contributed by atoms with Gasteiger partial charge in [0.1, 0.15) is 28.9 Å². The summed E-state index contributed by atoms with van der Waals surface area (Å²) in [6, 6.07) is 15.6. The Bertz CT molecular complexity index is 1600. The maximum Gasteiger partial charge on any atom is 0.238 e. The minimum absolute atomic E-state index is 0.0430. The van der Waals surface area contributed by atoms with Crippen molar-refractivity contribution in [1.82, 2.24) is 0 Å². The fraction of sp³-hybridized carbons (Fsp3) is 0.0769. The molecule has 2 aliphatic rings. The van der Waals surface area contributed by atoms with E-state index in [2.05, 4.69) is 27.0 Å². The van der Waals surface area contributed by atoms with E-state index >= 15 is 0 Å². The number of aliphatic imine (C=N–C) groups is 1. The number of furan rings is 1. The molecule has 0 bridgehead atoms. The van der Waals surface area contributed by atoms with Gasteiger partial charge in [-0.25, -0.2) is 4.99 Å². The second-order valence-corrected chi connectivity index (χ2v) is 8.71. The zero-order chi connectivity index (χ0) is 24.8. The third-order valence-electron chi connectivity index (χ3n) is 5.71. The molecular weight excluding hydrogens is 532 g/mol. The number of nitrogens with zero attached hydrogens (tertiary/aromatic N) is 2. The quantitative estimate of drug-likeness (QED) is 0.304. The molecule has 0 unspecified atom stereocenters. The van der Waals surface area contributed by atoms with Crippen LogP contribution in [0.25, 0.3) is 22.5 Å². The first-order valence-electron chi connectivity index (χ1n) is 10.6. The molecule has 1 aromatic heterocycles. The van der Waals surface area contributed by atoms with E-state index in [0.29, 0.717) is 55.5 Å². The highest BCUT2D eigenvalue weighted by Gasteiger charge is 2.26. The first-order chi connectivity index (χ1) is 17.5. The van der Waals surface area contributed by atoms with Crippen molar-refractivity contribution in [2.45, 2.75) is 0 Å². The summed E-state index contributed by atoms with van der Waals surface area (Å²) in [6.45, 7) is 0.238. The van der Waals surface area contributed by atoms with Crippen molar-refractivity contribution < 1.29 is 33.6 Å². The Hall–Kier alpha value is -4.62. The summed E-state index contributed by atoms with van der Waals surface area (Å²) >= 11 is 3.22. The van der Waals surface area contributed by atoms with Crippen LogP contribution < -0.4 is 18.9 Å². The van der Waals surface area contributed by atoms with Crippen LogP contribution in [0.3, 0.4) is 0 Å². The van der Waals surface area contributed by atoms with Gasteiger partial charge in [0.05, 0.1) is 4.47 Å². The van der Waals surface area contributed by atoms with Gasteiger partial charge < -0.3 is 33.6 Å². The lowest BCUT2D eigenvalue weighted by atomic mass is 9.97. The summed E-state index contributed by atoms with van der Waals surface area (Å²) in [7, 11) is 0. The van der Waals surface area contributed by atoms with Gasteiger partial charge in [-0.15, -0.1) is 0 Å². The molecule has 10 heteroatoms. The van der Waals surface area contributed by atoms with Crippen molar-refractivity contribution in [2.24, 2.45) is 4.99 Å². The van der Waals surface area contributed by atoms with Crippen LogP contribution in [0.2, 0.25) is 0 Å². The fourth-order valence-electron chi connectivity index (χ4n) is 3.98. The van der Waals surface area contributed by atoms with Crippen molar-refractivity contribution >= 4 is 28.0 Å². The summed E-state index contributed by atoms with van der Waals surface area (Å²) in [4.78, 5) is 4.37. The predicted octanol–water partition coefficient (Wildman–Crippen LogP) is 5.87. The molecule has 0 amide bonds. The van der Waals surface area contributed by atoms with Crippen LogP contribution >= 0.6 is 15.9 Å². The van der Waals surface area contributed by atoms with Crippen LogP contribution in [-0.2, 0) is 0 Å². The van der Waals surface area contributed by atoms with Gasteiger partial charge in [0.25, 0.3) is 0 Å². The van der Waals surface area contributed by atoms with Gasteiger partial charge in [-0.3, -0.25) is 0 Å². The van der Waals surface area contributed by atoms with Gasteiger partial charge in [0.15, 0.2) is 23.0 Å². The Morgan fingerprint density at radius 1 is 0.833 bits per heavy atom. The highest BCUT2D eigenvalue weighted by molar-refractivity contribution is 9.10. The third kappa shape index (κ3) is 3.66. The molecule has 0 spiro atoms. The number of benzene rings is 3. The molecule has 3 aromatic carbocycles. The van der Waals surface area contributed by atoms with Crippen molar-refractivity contribution in [3.63, 3.8) is 0 Å². The molecule has 0 aliphatic carbocycles. The van der Waals surface area contributed by atoms with E-state index in [1.165, 1.54) is 18.3 Å². The molecule has 0 fully saturated rings. The number of halogens is 1. The number of fused-ring (bicyclic) bond motifs is 2. The number of hydrogen-bond acceptors (Lipinski definition) is 9. The molecule has 0 saturated carbocycles. The minimum Gasteiger partial charge on any atom is -0.507 e. The average Bonchev–Trinajstić information content (AvgIpc) is 3.62. The molecule has 6 rings (SSSR count). The molecule has 2 aliphatic heterocycles. The molecule has 0 saturated heterocycles. The number of hydrogen-bond donors (Lipinski definition) is 2. The van der Waals surface area contributed by atoms with Crippen LogP contribution in [0.4, 0.5) is 5.88 Å². The number of nitriles is 1. The number of rotatable bonds is 4. The molecule has 2 N–H and O–H groups in total. The first kappa shape index (κ1) is 21.9. The Morgan fingerprint density at radius 3 is 2.17 bits per heavy atom. The van der Waals surface area contributed by atoms with Gasteiger partial charge in [-0.05, 0) is 57.9 Å². The van der Waals surface area contributed by atoms with Gasteiger partial charge in [0, 0.05) is 29.0 Å². The van der Waals surface area contributed by atoms with E-state index in [0.717, 1.165) is 0 Å². The lowest BCUT2D eigenvalue weighted by Crippen LogP contribution is -1.93. The van der Waals surface area contributed by atoms with Crippen LogP contribution in [-0.4, -0.2) is 30.0 Å². The molecule has 36 heavy (non-hydrogen) atoms. The monoisotopic (exact) mass is 546 g/mol. The van der Waals surface area contributed by atoms with Gasteiger partial charge >= 0.3 is 0 Å². The molecule has 3 heterocycles. The van der Waals surface area contributed by atoms with Crippen LogP contribution in [0.15, 0.2) is 62.4 Å². The number of aromatic hydroxyl groups is 2. The largest absolute Gasteiger partial charge is 0.507 e. The standard InChI is InChI=1S/C26H15BrN2O7/c27-17-5-15(18(30)8-19(17)31)10-29-26-16(9-28)24(13-1-3-20-22(6-13)34-11-32-20)25(36-26)14-2-4-21-23(7-14)35-12-33-21/h1-8,10,30-31H,11-12H2. The summed E-state index contributed by atoms with van der Waals surface area (Å²) < 4.78 is 28.4. The predicted molar refractivity (Wildman–Crippen MR) is 131 cm³/mol. The van der Waals surface area contributed by atoms with Crippen LogP contribution in [0, 0.1) is 11.3 Å². The Morgan fingerprint density at radius 2 is 1.47 bits per heavy atom. The van der Waals surface area contributed by atoms with E-state index in [4.69, 9.17) is 23.4 Å². The summed E-state index contributed by atoms with van der Waals surface area (Å²) in [6.07, 6.45) is 1.35. The summed E-state index contributed by atoms with van der Waals surface area (Å²) in [5, 5.41) is 30.1. The Labute approximate surface area is 212 Å². The van der Waals surface area contributed by atoms with Crippen molar-refractivity contribution in [2.75, 3.05) is 13.6 Å². The maximum atomic E-state index is 10.2. The second-order valence-electron chi connectivity index (χ2n) is 7.85. The maximum absolute atomic E-state index is 10.2. The van der Waals surface area contributed by atoms with Crippen LogP contribution in [0.1, 0.15) is 11.1 Å². The summed E-state index contributed by atoms with van der Waals surface area (Å²) in [5.41, 5.74) is 2.34. The number of phenolic OH excluding ortho intramolecular Hbond substituents is 2. The highest BCUT2D eigenvalue weighted by Crippen LogP contribution is 2.47. The zero-order valence-electron chi connectivity index (χ0n) is 18.3. The Kier molecular flexibility index (Phi) is 5.20. The van der Waals surface area contributed by atoms with E-state index in [9.17, 15) is 15.5 Å². The second kappa shape index (κ2) is 8.55. The number of phenols is 2. The molecule has 0 radical (unpaired) electrons. The Balaban J connectivity index is 1.52. The van der Waals surface area contributed by atoms with Crippen molar-refractivity contribution in [1.29, 1.82) is 5.26 Å². The smallest absolute Gasteiger partial charge is 0.238 e. The average molecular weight is 547 g/mol. The minimum atomic E-state index is -0.184. The van der Waals surface area contributed by atoms with Crippen molar-refractivity contribution in [3.05, 3.63) is 64.1 Å². The first-order valence-corrected chi connectivity index (χ1v) is 11.4. The molecule has 4 aromatic rings. The molecule has 0 atom stereocenters. The van der Waals surface area contributed by atoms with E-state index in [1.54, 1.807) is 30.3 Å². The summed E-state index contributed by atoms with van der Waals surface area (Å²) in [5.74, 6) is 2.47. The van der Waals surface area contributed by atoms with Gasteiger partial charge in [0.2, 0.25) is 19.5 Å². The lowest BCUT2D eigenvalue weighted by Gasteiger charge is -2.06. The fourth-order valence-corrected chi connectivity index (χ4v) is 4.34. The molecule has 178 valence electrons. The zero-order valence-corrected chi connectivity index (χ0v) is 19.9. The lowest BCUT2D eigenvalue weighted by molar-refractivity contribution is 0.173. The molecular formula is C26H15BrN2O7. The van der Waals surface area contributed by atoms with E-state index in [-0.39, 0.29) is 36.5 Å². The van der Waals surface area contributed by atoms with E-state index in [1.807, 2.05) is 6.07 Å². The van der Waals surface area contributed by atoms with Crippen molar-refractivity contribution in [3.8, 4) is 63.0 Å². The number of ether oxygens (including phenoxy) is 4. The molecule has 9 nitrogen and oxygen atoms in total. The third-order valence-corrected chi connectivity index (χ3v) is 6.35. The van der Waals surface area contributed by atoms with Gasteiger partial charge in [-0.1, -0.05) is 6.07 Å². The highest BCUT2D eigenvalue weighted by atomic mass is 79.9. The normalized spacial score (nSPS) is 13.3. The topological polar surface area (TPSA) is 127 Å². The van der Waals surface area contributed by atoms with E-state index < -0.39 is 0 Å². The van der Waals surface area contributed by atoms with Crippen LogP contribution in [0.5, 0.6) is 34.5 Å². The SMILES string of the molecule is N#Cc1c(N=Cc2cc(Br)c(O)cc2O)oc(-c2ccc3c(c2)OCO3)c1-c1ccc2c(c1)OCO2.